The van der Waals surface area contributed by atoms with E-state index in [0.29, 0.717) is 5.56 Å². The molecular weight excluding hydrogens is 1270 g/mol. The molecule has 7 heterocycles. The number of fused-ring (bicyclic) bond motifs is 18. The minimum atomic E-state index is 0.588. The van der Waals surface area contributed by atoms with Crippen LogP contribution in [0.1, 0.15) is 5.56 Å². The summed E-state index contributed by atoms with van der Waals surface area (Å²) in [6.45, 7) is 0. The molecule has 22 aromatic rings. The molecule has 0 bridgehead atoms. The van der Waals surface area contributed by atoms with Crippen molar-refractivity contribution in [2.24, 2.45) is 0 Å². The van der Waals surface area contributed by atoms with E-state index in [9.17, 15) is 5.26 Å². The summed E-state index contributed by atoms with van der Waals surface area (Å²) in [7, 11) is 0. The van der Waals surface area contributed by atoms with Gasteiger partial charge in [0.2, 0.25) is 0 Å². The highest BCUT2D eigenvalue weighted by molar-refractivity contribution is 6.17. The van der Waals surface area contributed by atoms with Crippen LogP contribution in [0.5, 0.6) is 0 Å². The number of hydrogen-bond donors (Lipinski definition) is 0. The number of aromatic nitrogens is 7. The molecule has 482 valence electrons. The minimum Gasteiger partial charge on any atom is -0.309 e. The standard InChI is InChI=1S/C96H58N8/c97-57-60-18-17-19-63(52-60)96-82(61-36-40-64(41-37-61)99-92-48-44-66(101-84-28-9-1-20-70(84)71-21-2-10-29-85(71)101)53-78(92)79-54-67(45-49-93(79)99)102-86-30-11-3-22-72(86)73-23-4-12-31-87(73)102)58-98-59-83(96)62-38-42-65(43-39-62)100-94-50-46-68(103-88-32-13-5-24-74(88)75-25-6-14-33-89(75)103)55-80(94)81-56-69(47-51-95(81)100)104-90-34-15-7-26-76(90)77-27-8-16-35-91(77)104/h1-56,58-59H. The molecule has 22 rings (SSSR count). The third-order valence-corrected chi connectivity index (χ3v) is 21.9. The third-order valence-electron chi connectivity index (χ3n) is 21.9. The van der Waals surface area contributed by atoms with Crippen molar-refractivity contribution in [3.05, 3.63) is 358 Å². The predicted molar refractivity (Wildman–Crippen MR) is 431 cm³/mol. The highest BCUT2D eigenvalue weighted by Crippen LogP contribution is 2.46. The number of nitriles is 1. The van der Waals surface area contributed by atoms with Gasteiger partial charge in [-0.15, -0.1) is 0 Å². The van der Waals surface area contributed by atoms with Crippen LogP contribution >= 0.6 is 0 Å². The molecule has 7 aromatic heterocycles. The summed E-state index contributed by atoms with van der Waals surface area (Å²) < 4.78 is 14.5. The van der Waals surface area contributed by atoms with Gasteiger partial charge in [0.1, 0.15) is 0 Å². The summed E-state index contributed by atoms with van der Waals surface area (Å²) in [4.78, 5) is 5.06. The van der Waals surface area contributed by atoms with Gasteiger partial charge >= 0.3 is 0 Å². The fourth-order valence-electron chi connectivity index (χ4n) is 17.4. The van der Waals surface area contributed by atoms with E-state index in [1.54, 1.807) is 0 Å². The lowest BCUT2D eigenvalue weighted by Gasteiger charge is -2.17. The molecule has 0 spiro atoms. The molecule has 0 saturated heterocycles. The third kappa shape index (κ3) is 8.44. The Morgan fingerprint density at radius 1 is 0.202 bits per heavy atom. The Morgan fingerprint density at radius 2 is 0.442 bits per heavy atom. The van der Waals surface area contributed by atoms with E-state index < -0.39 is 0 Å². The van der Waals surface area contributed by atoms with Gasteiger partial charge in [-0.2, -0.15) is 5.26 Å². The summed E-state index contributed by atoms with van der Waals surface area (Å²) in [6.07, 6.45) is 3.96. The van der Waals surface area contributed by atoms with Gasteiger partial charge in [-0.05, 0) is 174 Å². The van der Waals surface area contributed by atoms with Crippen molar-refractivity contribution in [2.45, 2.75) is 0 Å². The second-order valence-electron chi connectivity index (χ2n) is 27.4. The Morgan fingerprint density at radius 3 is 0.712 bits per heavy atom. The number of rotatable bonds is 9. The molecule has 0 radical (unpaired) electrons. The maximum Gasteiger partial charge on any atom is 0.0991 e. The van der Waals surface area contributed by atoms with Gasteiger partial charge in [-0.1, -0.05) is 182 Å². The molecule has 104 heavy (non-hydrogen) atoms. The van der Waals surface area contributed by atoms with Crippen LogP contribution in [0.2, 0.25) is 0 Å². The van der Waals surface area contributed by atoms with Crippen LogP contribution < -0.4 is 0 Å². The van der Waals surface area contributed by atoms with Crippen molar-refractivity contribution in [2.75, 3.05) is 0 Å². The van der Waals surface area contributed by atoms with Crippen molar-refractivity contribution < 1.29 is 0 Å². The molecule has 0 N–H and O–H groups in total. The lowest BCUT2D eigenvalue weighted by Crippen LogP contribution is -1.97. The summed E-state index contributed by atoms with van der Waals surface area (Å²) in [6, 6.07) is 126. The zero-order valence-corrected chi connectivity index (χ0v) is 56.1. The number of pyridine rings is 1. The first-order valence-electron chi connectivity index (χ1n) is 35.4. The van der Waals surface area contributed by atoms with Crippen molar-refractivity contribution in [3.8, 4) is 73.6 Å². The second-order valence-corrected chi connectivity index (χ2v) is 27.4. The fourth-order valence-corrected chi connectivity index (χ4v) is 17.4. The predicted octanol–water partition coefficient (Wildman–Crippen LogP) is 24.5. The molecule has 0 amide bonds. The first-order chi connectivity index (χ1) is 51.6. The Kier molecular flexibility index (Phi) is 12.4. The quantitative estimate of drug-likeness (QED) is 0.145. The van der Waals surface area contributed by atoms with E-state index >= 15 is 0 Å². The fraction of sp³-hybridized carbons (Fsp3) is 0. The Labute approximate surface area is 596 Å². The second kappa shape index (κ2) is 22.4. The molecule has 0 saturated carbocycles. The molecule has 0 atom stereocenters. The van der Waals surface area contributed by atoms with Gasteiger partial charge in [0.25, 0.3) is 0 Å². The average Bonchev–Trinajstić information content (AvgIpc) is 1.56. The topological polar surface area (TPSA) is 66.3 Å². The van der Waals surface area contributed by atoms with E-state index in [-0.39, 0.29) is 0 Å². The first kappa shape index (κ1) is 57.6. The van der Waals surface area contributed by atoms with Crippen LogP contribution in [0.3, 0.4) is 0 Å². The summed E-state index contributed by atoms with van der Waals surface area (Å²) in [5.41, 5.74) is 26.7. The number of benzene rings is 15. The molecule has 0 aliphatic rings. The number of nitrogens with zero attached hydrogens (tertiary/aromatic N) is 8. The van der Waals surface area contributed by atoms with Gasteiger partial charge in [0, 0.05) is 128 Å². The van der Waals surface area contributed by atoms with E-state index in [0.717, 1.165) is 111 Å². The zero-order chi connectivity index (χ0) is 68.3. The number of para-hydroxylation sites is 8. The summed E-state index contributed by atoms with van der Waals surface area (Å²) >= 11 is 0. The van der Waals surface area contributed by atoms with Crippen LogP contribution in [-0.4, -0.2) is 32.4 Å². The molecule has 0 aliphatic carbocycles. The van der Waals surface area contributed by atoms with E-state index in [1.807, 2.05) is 30.6 Å². The van der Waals surface area contributed by atoms with Crippen LogP contribution in [0.25, 0.3) is 198 Å². The minimum absolute atomic E-state index is 0.588. The highest BCUT2D eigenvalue weighted by Gasteiger charge is 2.24. The Balaban J connectivity index is 0.688. The SMILES string of the molecule is N#Cc1cccc(-c2c(-c3ccc(-n4c5ccc(-n6c7ccccc7c7ccccc76)cc5c5cc(-n6c7ccccc7c7ccccc76)ccc54)cc3)cncc2-c2ccc(-n3c4ccc(-n5c6ccccc6c6ccccc65)cc4c4cc(-n5c6ccccc6c6ccccc65)ccc43)cc2)c1. The molecule has 0 aliphatic heterocycles. The molecular formula is C96H58N8. The molecule has 8 nitrogen and oxygen atoms in total. The van der Waals surface area contributed by atoms with E-state index in [1.165, 1.54) is 87.2 Å². The van der Waals surface area contributed by atoms with Gasteiger partial charge < -0.3 is 27.4 Å². The summed E-state index contributed by atoms with van der Waals surface area (Å²) in [5.74, 6) is 0. The van der Waals surface area contributed by atoms with Gasteiger partial charge in [-0.25, -0.2) is 0 Å². The Bertz CT molecular complexity index is 6460. The van der Waals surface area contributed by atoms with E-state index in [2.05, 4.69) is 355 Å². The van der Waals surface area contributed by atoms with Crippen molar-refractivity contribution >= 4 is 131 Å². The Hall–Kier alpha value is -14.3. The summed E-state index contributed by atoms with van der Waals surface area (Å²) in [5, 5.41) is 24.9. The van der Waals surface area contributed by atoms with Crippen molar-refractivity contribution in [1.29, 1.82) is 5.26 Å². The number of hydrogen-bond acceptors (Lipinski definition) is 2. The average molecular weight is 1320 g/mol. The molecule has 0 fully saturated rings. The highest BCUT2D eigenvalue weighted by atomic mass is 15.0. The van der Waals surface area contributed by atoms with Gasteiger partial charge in [0.05, 0.1) is 77.8 Å². The maximum absolute atomic E-state index is 10.4. The molecule has 0 unspecified atom stereocenters. The van der Waals surface area contributed by atoms with Crippen LogP contribution in [0.4, 0.5) is 0 Å². The largest absolute Gasteiger partial charge is 0.309 e. The monoisotopic (exact) mass is 1320 g/mol. The molecule has 15 aromatic carbocycles. The van der Waals surface area contributed by atoms with E-state index in [4.69, 9.17) is 4.98 Å². The van der Waals surface area contributed by atoms with Gasteiger partial charge in [-0.3, -0.25) is 4.98 Å². The molecule has 8 heteroatoms. The van der Waals surface area contributed by atoms with Crippen molar-refractivity contribution in [1.82, 2.24) is 32.4 Å². The normalized spacial score (nSPS) is 12.0. The van der Waals surface area contributed by atoms with Crippen LogP contribution in [0, 0.1) is 11.3 Å². The van der Waals surface area contributed by atoms with Gasteiger partial charge in [0.15, 0.2) is 0 Å². The maximum atomic E-state index is 10.4. The van der Waals surface area contributed by atoms with Crippen LogP contribution in [0.15, 0.2) is 352 Å². The zero-order valence-electron chi connectivity index (χ0n) is 56.1. The first-order valence-corrected chi connectivity index (χ1v) is 35.4. The smallest absolute Gasteiger partial charge is 0.0991 e. The lowest BCUT2D eigenvalue weighted by molar-refractivity contribution is 1.16. The van der Waals surface area contributed by atoms with Crippen molar-refractivity contribution in [3.63, 3.8) is 0 Å². The lowest BCUT2D eigenvalue weighted by atomic mass is 9.89. The van der Waals surface area contributed by atoms with Crippen LogP contribution in [-0.2, 0) is 0 Å².